The Kier molecular flexibility index (Phi) is 5.39. The van der Waals surface area contributed by atoms with Gasteiger partial charge in [0.25, 0.3) is 0 Å². The SMILES string of the molecule is CC(=O)N(Cc1ncc(C(C)C)o1)[C@H]1CCN([C@@H]2C=CCCC2)C1. The molecular weight excluding hydrogens is 302 g/mol. The number of nitrogens with zero attached hydrogens (tertiary/aromatic N) is 3. The number of hydrogen-bond acceptors (Lipinski definition) is 4. The van der Waals surface area contributed by atoms with Gasteiger partial charge in [0, 0.05) is 38.0 Å². The van der Waals surface area contributed by atoms with Crippen LogP contribution in [0, 0.1) is 0 Å². The van der Waals surface area contributed by atoms with Crippen molar-refractivity contribution in [3.05, 3.63) is 30.0 Å². The molecule has 24 heavy (non-hydrogen) atoms. The van der Waals surface area contributed by atoms with E-state index in [-0.39, 0.29) is 11.9 Å². The van der Waals surface area contributed by atoms with Crippen LogP contribution in [0.4, 0.5) is 0 Å². The quantitative estimate of drug-likeness (QED) is 0.777. The lowest BCUT2D eigenvalue weighted by Gasteiger charge is -2.30. The first kappa shape index (κ1) is 17.2. The molecule has 1 saturated heterocycles. The van der Waals surface area contributed by atoms with Crippen LogP contribution in [-0.2, 0) is 11.3 Å². The largest absolute Gasteiger partial charge is 0.444 e. The van der Waals surface area contributed by atoms with Crippen molar-refractivity contribution in [3.63, 3.8) is 0 Å². The maximum atomic E-state index is 12.2. The Hall–Kier alpha value is -1.62. The topological polar surface area (TPSA) is 49.6 Å². The van der Waals surface area contributed by atoms with Gasteiger partial charge in [-0.3, -0.25) is 9.69 Å². The van der Waals surface area contributed by atoms with Gasteiger partial charge in [-0.05, 0) is 25.7 Å². The normalized spacial score (nSPS) is 24.7. The van der Waals surface area contributed by atoms with Crippen molar-refractivity contribution >= 4 is 5.91 Å². The molecule has 1 amide bonds. The van der Waals surface area contributed by atoms with Crippen LogP contribution < -0.4 is 0 Å². The average Bonchev–Trinajstić information content (AvgIpc) is 3.23. The van der Waals surface area contributed by atoms with Crippen LogP contribution in [0.2, 0.25) is 0 Å². The molecule has 0 unspecified atom stereocenters. The van der Waals surface area contributed by atoms with E-state index >= 15 is 0 Å². The summed E-state index contributed by atoms with van der Waals surface area (Å²) < 4.78 is 5.80. The van der Waals surface area contributed by atoms with Crippen molar-refractivity contribution < 1.29 is 9.21 Å². The highest BCUT2D eigenvalue weighted by molar-refractivity contribution is 5.73. The third-order valence-electron chi connectivity index (χ3n) is 5.18. The fourth-order valence-electron chi connectivity index (χ4n) is 3.73. The fourth-order valence-corrected chi connectivity index (χ4v) is 3.73. The lowest BCUT2D eigenvalue weighted by Crippen LogP contribution is -2.42. The molecule has 0 saturated carbocycles. The van der Waals surface area contributed by atoms with Crippen molar-refractivity contribution in [2.45, 2.75) is 71.0 Å². The molecule has 5 heteroatoms. The lowest BCUT2D eigenvalue weighted by atomic mass is 10.0. The van der Waals surface area contributed by atoms with E-state index in [4.69, 9.17) is 4.42 Å². The second-order valence-corrected chi connectivity index (χ2v) is 7.32. The summed E-state index contributed by atoms with van der Waals surface area (Å²) in [5.74, 6) is 1.95. The number of hydrogen-bond donors (Lipinski definition) is 0. The molecule has 1 aromatic heterocycles. The van der Waals surface area contributed by atoms with E-state index in [0.717, 1.165) is 25.3 Å². The van der Waals surface area contributed by atoms with E-state index in [1.165, 1.54) is 19.3 Å². The second-order valence-electron chi connectivity index (χ2n) is 7.32. The average molecular weight is 331 g/mol. The highest BCUT2D eigenvalue weighted by atomic mass is 16.4. The third-order valence-corrected chi connectivity index (χ3v) is 5.18. The minimum Gasteiger partial charge on any atom is -0.444 e. The van der Waals surface area contributed by atoms with Crippen LogP contribution in [0.15, 0.2) is 22.8 Å². The summed E-state index contributed by atoms with van der Waals surface area (Å²) >= 11 is 0. The second kappa shape index (κ2) is 7.51. The minimum absolute atomic E-state index is 0.102. The zero-order chi connectivity index (χ0) is 17.1. The molecule has 1 aliphatic heterocycles. The van der Waals surface area contributed by atoms with Crippen molar-refractivity contribution in [2.24, 2.45) is 0 Å². The molecule has 3 rings (SSSR count). The predicted molar refractivity (Wildman–Crippen MR) is 93.6 cm³/mol. The Labute approximate surface area is 144 Å². The fraction of sp³-hybridized carbons (Fsp3) is 0.684. The lowest BCUT2D eigenvalue weighted by molar-refractivity contribution is -0.132. The number of allylic oxidation sites excluding steroid dienone is 1. The molecule has 1 fully saturated rings. The van der Waals surface area contributed by atoms with Crippen LogP contribution in [-0.4, -0.2) is 45.9 Å². The van der Waals surface area contributed by atoms with Crippen LogP contribution in [0.1, 0.15) is 64.0 Å². The van der Waals surface area contributed by atoms with E-state index in [1.54, 1.807) is 13.1 Å². The summed E-state index contributed by atoms with van der Waals surface area (Å²) in [4.78, 5) is 21.0. The van der Waals surface area contributed by atoms with Gasteiger partial charge in [0.2, 0.25) is 11.8 Å². The maximum absolute atomic E-state index is 12.2. The van der Waals surface area contributed by atoms with E-state index in [0.29, 0.717) is 24.4 Å². The van der Waals surface area contributed by atoms with Gasteiger partial charge in [-0.2, -0.15) is 0 Å². The number of carbonyl (C=O) groups excluding carboxylic acids is 1. The van der Waals surface area contributed by atoms with Gasteiger partial charge < -0.3 is 9.32 Å². The molecule has 2 heterocycles. The molecule has 0 radical (unpaired) electrons. The smallest absolute Gasteiger partial charge is 0.220 e. The van der Waals surface area contributed by atoms with E-state index in [9.17, 15) is 4.79 Å². The molecule has 0 spiro atoms. The number of oxazole rings is 1. The van der Waals surface area contributed by atoms with Crippen LogP contribution >= 0.6 is 0 Å². The summed E-state index contributed by atoms with van der Waals surface area (Å²) in [6.45, 7) is 8.30. The van der Waals surface area contributed by atoms with Crippen molar-refractivity contribution in [1.29, 1.82) is 0 Å². The zero-order valence-corrected chi connectivity index (χ0v) is 15.1. The van der Waals surface area contributed by atoms with Crippen LogP contribution in [0.3, 0.4) is 0 Å². The molecule has 0 bridgehead atoms. The molecule has 2 aliphatic rings. The van der Waals surface area contributed by atoms with Crippen molar-refractivity contribution in [2.75, 3.05) is 13.1 Å². The zero-order valence-electron chi connectivity index (χ0n) is 15.1. The van der Waals surface area contributed by atoms with Gasteiger partial charge in [0.1, 0.15) is 5.76 Å². The van der Waals surface area contributed by atoms with E-state index in [1.807, 2.05) is 4.90 Å². The monoisotopic (exact) mass is 331 g/mol. The number of likely N-dealkylation sites (tertiary alicyclic amines) is 1. The molecule has 0 N–H and O–H groups in total. The van der Waals surface area contributed by atoms with Crippen molar-refractivity contribution in [3.8, 4) is 0 Å². The van der Waals surface area contributed by atoms with Gasteiger partial charge in [0.15, 0.2) is 0 Å². The first-order valence-electron chi connectivity index (χ1n) is 9.17. The number of amides is 1. The molecule has 132 valence electrons. The number of aromatic nitrogens is 1. The maximum Gasteiger partial charge on any atom is 0.220 e. The summed E-state index contributed by atoms with van der Waals surface area (Å²) in [5.41, 5.74) is 0. The Morgan fingerprint density at radius 3 is 2.92 bits per heavy atom. The standard InChI is InChI=1S/C19H29N3O2/c1-14(2)18-11-20-19(24-18)13-22(15(3)23)17-9-10-21(12-17)16-7-5-4-6-8-16/h5,7,11,14,16-17H,4,6,8-10,12-13H2,1-3H3/t16-,17+/m1/s1. The molecule has 5 nitrogen and oxygen atoms in total. The minimum atomic E-state index is 0.102. The Balaban J connectivity index is 1.64. The van der Waals surface area contributed by atoms with E-state index in [2.05, 4.69) is 35.9 Å². The molecule has 1 aromatic rings. The van der Waals surface area contributed by atoms with Gasteiger partial charge >= 0.3 is 0 Å². The highest BCUT2D eigenvalue weighted by Gasteiger charge is 2.33. The Morgan fingerprint density at radius 2 is 2.29 bits per heavy atom. The highest BCUT2D eigenvalue weighted by Crippen LogP contribution is 2.25. The van der Waals surface area contributed by atoms with Gasteiger partial charge in [-0.15, -0.1) is 0 Å². The summed E-state index contributed by atoms with van der Waals surface area (Å²) in [6, 6.07) is 0.805. The third kappa shape index (κ3) is 3.89. The van der Waals surface area contributed by atoms with E-state index < -0.39 is 0 Å². The summed E-state index contributed by atoms with van der Waals surface area (Å²) in [6.07, 6.45) is 11.2. The first-order valence-corrected chi connectivity index (χ1v) is 9.17. The first-order chi connectivity index (χ1) is 11.5. The molecule has 0 aromatic carbocycles. The van der Waals surface area contributed by atoms with Gasteiger partial charge in [0.05, 0.1) is 12.7 Å². The molecular formula is C19H29N3O2. The van der Waals surface area contributed by atoms with Crippen LogP contribution in [0.25, 0.3) is 0 Å². The molecule has 1 aliphatic carbocycles. The van der Waals surface area contributed by atoms with Gasteiger partial charge in [-0.1, -0.05) is 26.0 Å². The van der Waals surface area contributed by atoms with Gasteiger partial charge in [-0.25, -0.2) is 4.98 Å². The molecule has 2 atom stereocenters. The summed E-state index contributed by atoms with van der Waals surface area (Å²) in [5, 5.41) is 0. The number of rotatable bonds is 5. The van der Waals surface area contributed by atoms with Crippen LogP contribution in [0.5, 0.6) is 0 Å². The Bertz CT molecular complexity index is 593. The Morgan fingerprint density at radius 1 is 1.46 bits per heavy atom. The summed E-state index contributed by atoms with van der Waals surface area (Å²) in [7, 11) is 0. The predicted octanol–water partition coefficient (Wildman–Crippen LogP) is 3.33. The van der Waals surface area contributed by atoms with Crippen molar-refractivity contribution in [1.82, 2.24) is 14.8 Å². The number of carbonyl (C=O) groups is 1.